The highest BCUT2D eigenvalue weighted by Gasteiger charge is 2.14. The summed E-state index contributed by atoms with van der Waals surface area (Å²) in [5.74, 6) is -0.104. The van der Waals surface area contributed by atoms with E-state index in [1.54, 1.807) is 12.1 Å². The summed E-state index contributed by atoms with van der Waals surface area (Å²) < 4.78 is 18.5. The van der Waals surface area contributed by atoms with E-state index in [9.17, 15) is 4.39 Å². The van der Waals surface area contributed by atoms with Crippen molar-refractivity contribution in [2.75, 3.05) is 14.2 Å². The highest BCUT2D eigenvalue weighted by atomic mass is 35.5. The van der Waals surface area contributed by atoms with Crippen LogP contribution in [0.25, 0.3) is 0 Å². The molecule has 0 bridgehead atoms. The number of ether oxygens (including phenoxy) is 1. The van der Waals surface area contributed by atoms with E-state index in [1.807, 2.05) is 32.2 Å². The van der Waals surface area contributed by atoms with E-state index in [2.05, 4.69) is 5.32 Å². The lowest BCUT2D eigenvalue weighted by molar-refractivity contribution is 0.385. The molecule has 1 atom stereocenters. The quantitative estimate of drug-likeness (QED) is 0.889. The lowest BCUT2D eigenvalue weighted by atomic mass is 9.98. The van der Waals surface area contributed by atoms with Gasteiger partial charge in [-0.05, 0) is 55.3 Å². The van der Waals surface area contributed by atoms with Crippen molar-refractivity contribution in [3.63, 3.8) is 0 Å². The minimum Gasteiger partial charge on any atom is -0.494 e. The molecule has 21 heavy (non-hydrogen) atoms. The molecule has 0 aliphatic rings. The van der Waals surface area contributed by atoms with Crippen molar-refractivity contribution >= 4 is 11.6 Å². The van der Waals surface area contributed by atoms with Crippen LogP contribution in [0, 0.1) is 12.7 Å². The van der Waals surface area contributed by atoms with Gasteiger partial charge in [0.25, 0.3) is 0 Å². The third-order valence-corrected chi connectivity index (χ3v) is 3.91. The van der Waals surface area contributed by atoms with Gasteiger partial charge in [-0.3, -0.25) is 0 Å². The van der Waals surface area contributed by atoms with Gasteiger partial charge in [-0.2, -0.15) is 0 Å². The van der Waals surface area contributed by atoms with Gasteiger partial charge in [0.15, 0.2) is 11.6 Å². The van der Waals surface area contributed by atoms with Crippen LogP contribution in [0.4, 0.5) is 4.39 Å². The lowest BCUT2D eigenvalue weighted by Crippen LogP contribution is -2.19. The van der Waals surface area contributed by atoms with Crippen molar-refractivity contribution in [1.82, 2.24) is 5.32 Å². The minimum atomic E-state index is -0.357. The molecule has 0 aliphatic heterocycles. The SMILES string of the molecule is CNC(Cc1ccc(C)cc1Cl)c1ccc(F)c(OC)c1. The van der Waals surface area contributed by atoms with Crippen LogP contribution in [0.2, 0.25) is 5.02 Å². The number of nitrogens with one attached hydrogen (secondary N) is 1. The average Bonchev–Trinajstić information content (AvgIpc) is 2.47. The van der Waals surface area contributed by atoms with Crippen LogP contribution in [-0.2, 0) is 6.42 Å². The van der Waals surface area contributed by atoms with Gasteiger partial charge in [-0.25, -0.2) is 4.39 Å². The van der Waals surface area contributed by atoms with Gasteiger partial charge in [-0.1, -0.05) is 29.8 Å². The number of rotatable bonds is 5. The molecule has 0 aromatic heterocycles. The second kappa shape index (κ2) is 6.92. The van der Waals surface area contributed by atoms with Crippen LogP contribution >= 0.6 is 11.6 Å². The van der Waals surface area contributed by atoms with Crippen molar-refractivity contribution in [1.29, 1.82) is 0 Å². The van der Waals surface area contributed by atoms with E-state index >= 15 is 0 Å². The molecular formula is C17H19ClFNO. The Morgan fingerprint density at radius 3 is 2.62 bits per heavy atom. The lowest BCUT2D eigenvalue weighted by Gasteiger charge is -2.18. The van der Waals surface area contributed by atoms with Crippen LogP contribution < -0.4 is 10.1 Å². The third kappa shape index (κ3) is 3.74. The molecule has 2 nitrogen and oxygen atoms in total. The largest absolute Gasteiger partial charge is 0.494 e. The maximum atomic E-state index is 13.5. The molecule has 2 rings (SSSR count). The highest BCUT2D eigenvalue weighted by Crippen LogP contribution is 2.27. The first-order valence-electron chi connectivity index (χ1n) is 6.81. The second-order valence-electron chi connectivity index (χ2n) is 5.03. The standard InChI is InChI=1S/C17H19ClFNO/c1-11-4-5-12(14(18)8-11)9-16(20-2)13-6-7-15(19)17(10-13)21-3/h4-8,10,16,20H,9H2,1-3H3. The number of benzene rings is 2. The Balaban J connectivity index is 2.27. The van der Waals surface area contributed by atoms with Gasteiger partial charge in [0.05, 0.1) is 7.11 Å². The van der Waals surface area contributed by atoms with E-state index in [0.29, 0.717) is 0 Å². The summed E-state index contributed by atoms with van der Waals surface area (Å²) in [5, 5.41) is 4.00. The smallest absolute Gasteiger partial charge is 0.165 e. The Hall–Kier alpha value is -1.58. The van der Waals surface area contributed by atoms with Crippen LogP contribution in [0.15, 0.2) is 36.4 Å². The summed E-state index contributed by atoms with van der Waals surface area (Å²) in [5.41, 5.74) is 3.16. The van der Waals surface area contributed by atoms with E-state index in [-0.39, 0.29) is 17.6 Å². The molecule has 0 amide bonds. The maximum absolute atomic E-state index is 13.5. The first kappa shape index (κ1) is 15.8. The van der Waals surface area contributed by atoms with Gasteiger partial charge in [0, 0.05) is 11.1 Å². The Labute approximate surface area is 129 Å². The Morgan fingerprint density at radius 1 is 1.24 bits per heavy atom. The molecule has 0 spiro atoms. The van der Waals surface area contributed by atoms with Gasteiger partial charge in [-0.15, -0.1) is 0 Å². The van der Waals surface area contributed by atoms with Crippen molar-refractivity contribution in [3.8, 4) is 5.75 Å². The average molecular weight is 308 g/mol. The molecule has 112 valence electrons. The molecule has 4 heteroatoms. The number of likely N-dealkylation sites (N-methyl/N-ethyl adjacent to an activating group) is 1. The number of hydrogen-bond acceptors (Lipinski definition) is 2. The number of aryl methyl sites for hydroxylation is 1. The molecule has 0 saturated heterocycles. The van der Waals surface area contributed by atoms with Crippen molar-refractivity contribution in [2.45, 2.75) is 19.4 Å². The first-order valence-corrected chi connectivity index (χ1v) is 7.18. The van der Waals surface area contributed by atoms with Crippen molar-refractivity contribution < 1.29 is 9.13 Å². The zero-order valence-electron chi connectivity index (χ0n) is 12.4. The summed E-state index contributed by atoms with van der Waals surface area (Å²) in [4.78, 5) is 0. The summed E-state index contributed by atoms with van der Waals surface area (Å²) in [7, 11) is 3.34. The molecule has 1 N–H and O–H groups in total. The molecule has 0 aliphatic carbocycles. The fraction of sp³-hybridized carbons (Fsp3) is 0.294. The zero-order valence-corrected chi connectivity index (χ0v) is 13.2. The van der Waals surface area contributed by atoms with Gasteiger partial charge in [0.1, 0.15) is 0 Å². The number of halogens is 2. The Kier molecular flexibility index (Phi) is 5.21. The maximum Gasteiger partial charge on any atom is 0.165 e. The predicted molar refractivity (Wildman–Crippen MR) is 84.6 cm³/mol. The molecule has 0 saturated carbocycles. The molecule has 0 heterocycles. The zero-order chi connectivity index (χ0) is 15.4. The van der Waals surface area contributed by atoms with E-state index < -0.39 is 0 Å². The van der Waals surface area contributed by atoms with Crippen molar-refractivity contribution in [3.05, 3.63) is 63.9 Å². The number of hydrogen-bond donors (Lipinski definition) is 1. The second-order valence-corrected chi connectivity index (χ2v) is 5.44. The fourth-order valence-electron chi connectivity index (χ4n) is 2.32. The Morgan fingerprint density at radius 2 is 2.00 bits per heavy atom. The normalized spacial score (nSPS) is 12.2. The van der Waals surface area contributed by atoms with Crippen LogP contribution in [0.1, 0.15) is 22.7 Å². The summed E-state index contributed by atoms with van der Waals surface area (Å²) in [6, 6.07) is 11.0. The topological polar surface area (TPSA) is 21.3 Å². The molecule has 1 unspecified atom stereocenters. The molecule has 0 radical (unpaired) electrons. The molecular weight excluding hydrogens is 289 g/mol. The first-order chi connectivity index (χ1) is 10.0. The molecule has 2 aromatic carbocycles. The van der Waals surface area contributed by atoms with E-state index in [1.165, 1.54) is 13.2 Å². The van der Waals surface area contributed by atoms with E-state index in [0.717, 1.165) is 28.1 Å². The molecule has 2 aromatic rings. The summed E-state index contributed by atoms with van der Waals surface area (Å²) >= 11 is 6.29. The van der Waals surface area contributed by atoms with Crippen LogP contribution in [0.5, 0.6) is 5.75 Å². The Bertz CT molecular complexity index is 630. The number of methoxy groups -OCH3 is 1. The predicted octanol–water partition coefficient (Wildman–Crippen LogP) is 4.30. The highest BCUT2D eigenvalue weighted by molar-refractivity contribution is 6.31. The van der Waals surface area contributed by atoms with Gasteiger partial charge >= 0.3 is 0 Å². The third-order valence-electron chi connectivity index (χ3n) is 3.56. The monoisotopic (exact) mass is 307 g/mol. The fourth-order valence-corrected chi connectivity index (χ4v) is 2.63. The van der Waals surface area contributed by atoms with E-state index in [4.69, 9.17) is 16.3 Å². The van der Waals surface area contributed by atoms with Gasteiger partial charge in [0.2, 0.25) is 0 Å². The van der Waals surface area contributed by atoms with Crippen molar-refractivity contribution in [2.24, 2.45) is 0 Å². The molecule has 0 fully saturated rings. The minimum absolute atomic E-state index is 0.0414. The summed E-state index contributed by atoms with van der Waals surface area (Å²) in [6.45, 7) is 2.01. The van der Waals surface area contributed by atoms with Crippen LogP contribution in [-0.4, -0.2) is 14.2 Å². The van der Waals surface area contributed by atoms with Gasteiger partial charge < -0.3 is 10.1 Å². The van der Waals surface area contributed by atoms with Crippen LogP contribution in [0.3, 0.4) is 0 Å². The summed E-state index contributed by atoms with van der Waals surface area (Å²) in [6.07, 6.45) is 0.727.